The molecule has 1 heterocycles. The van der Waals surface area contributed by atoms with Crippen molar-refractivity contribution in [3.05, 3.63) is 31.2 Å². The SMILES string of the molecule is Cc1sc([N+](=O)[O-])cc1[N+](=O)[O-]. The first-order chi connectivity index (χ1) is 5.52. The molecular weight excluding hydrogens is 184 g/mol. The van der Waals surface area contributed by atoms with Crippen LogP contribution in [0.4, 0.5) is 10.7 Å². The Morgan fingerprint density at radius 2 is 1.92 bits per heavy atom. The molecule has 64 valence electrons. The molecule has 7 heteroatoms. The van der Waals surface area contributed by atoms with Crippen LogP contribution in [-0.4, -0.2) is 9.85 Å². The summed E-state index contributed by atoms with van der Waals surface area (Å²) in [5, 5.41) is 20.2. The third-order valence-corrected chi connectivity index (χ3v) is 2.25. The Kier molecular flexibility index (Phi) is 2.05. The Morgan fingerprint density at radius 1 is 1.33 bits per heavy atom. The lowest BCUT2D eigenvalue weighted by atomic mass is 10.4. The van der Waals surface area contributed by atoms with E-state index in [9.17, 15) is 20.2 Å². The van der Waals surface area contributed by atoms with E-state index in [-0.39, 0.29) is 10.7 Å². The summed E-state index contributed by atoms with van der Waals surface area (Å²) in [6.07, 6.45) is 0. The zero-order valence-electron chi connectivity index (χ0n) is 6.01. The monoisotopic (exact) mass is 188 g/mol. The summed E-state index contributed by atoms with van der Waals surface area (Å²) in [6.45, 7) is 1.48. The van der Waals surface area contributed by atoms with E-state index in [1.54, 1.807) is 0 Å². The maximum Gasteiger partial charge on any atom is 0.331 e. The molecule has 0 aliphatic rings. The van der Waals surface area contributed by atoms with Crippen molar-refractivity contribution in [1.82, 2.24) is 0 Å². The summed E-state index contributed by atoms with van der Waals surface area (Å²) in [4.78, 5) is 19.5. The van der Waals surface area contributed by atoms with Gasteiger partial charge in [-0.1, -0.05) is 11.3 Å². The lowest BCUT2D eigenvalue weighted by Gasteiger charge is -1.82. The predicted octanol–water partition coefficient (Wildman–Crippen LogP) is 1.87. The van der Waals surface area contributed by atoms with Gasteiger partial charge in [0.15, 0.2) is 0 Å². The second-order valence-electron chi connectivity index (χ2n) is 2.04. The van der Waals surface area contributed by atoms with Crippen LogP contribution in [0.1, 0.15) is 4.88 Å². The molecular formula is C5H4N2O4S. The molecule has 0 saturated heterocycles. The van der Waals surface area contributed by atoms with Crippen LogP contribution in [0.15, 0.2) is 6.07 Å². The van der Waals surface area contributed by atoms with Crippen LogP contribution < -0.4 is 0 Å². The van der Waals surface area contributed by atoms with Crippen molar-refractivity contribution in [3.8, 4) is 0 Å². The number of aryl methyl sites for hydroxylation is 1. The maximum atomic E-state index is 10.2. The summed E-state index contributed by atoms with van der Waals surface area (Å²) in [5.74, 6) is 0. The van der Waals surface area contributed by atoms with Crippen LogP contribution in [0.3, 0.4) is 0 Å². The topological polar surface area (TPSA) is 86.3 Å². The zero-order chi connectivity index (χ0) is 9.30. The second kappa shape index (κ2) is 2.86. The zero-order valence-corrected chi connectivity index (χ0v) is 6.83. The van der Waals surface area contributed by atoms with Crippen molar-refractivity contribution in [2.75, 3.05) is 0 Å². The van der Waals surface area contributed by atoms with Crippen molar-refractivity contribution in [2.24, 2.45) is 0 Å². The minimum Gasteiger partial charge on any atom is -0.258 e. The number of thiophene rings is 1. The molecule has 1 aromatic rings. The molecule has 0 amide bonds. The van der Waals surface area contributed by atoms with Gasteiger partial charge in [0.05, 0.1) is 14.7 Å². The number of nitro groups is 2. The Labute approximate surface area is 70.7 Å². The minimum atomic E-state index is -0.634. The maximum absolute atomic E-state index is 10.2. The van der Waals surface area contributed by atoms with Gasteiger partial charge >= 0.3 is 5.00 Å². The van der Waals surface area contributed by atoms with Crippen LogP contribution >= 0.6 is 11.3 Å². The summed E-state index contributed by atoms with van der Waals surface area (Å²) >= 11 is 0.810. The first kappa shape index (κ1) is 8.60. The third kappa shape index (κ3) is 1.40. The summed E-state index contributed by atoms with van der Waals surface area (Å²) in [5.41, 5.74) is -0.188. The normalized spacial score (nSPS) is 9.75. The van der Waals surface area contributed by atoms with Crippen molar-refractivity contribution in [1.29, 1.82) is 0 Å². The first-order valence-corrected chi connectivity index (χ1v) is 3.73. The molecule has 0 bridgehead atoms. The van der Waals surface area contributed by atoms with Crippen LogP contribution in [0.2, 0.25) is 0 Å². The molecule has 0 fully saturated rings. The molecule has 6 nitrogen and oxygen atoms in total. The van der Waals surface area contributed by atoms with Gasteiger partial charge in [-0.15, -0.1) is 0 Å². The van der Waals surface area contributed by atoms with E-state index in [1.165, 1.54) is 6.92 Å². The van der Waals surface area contributed by atoms with E-state index < -0.39 is 9.85 Å². The highest BCUT2D eigenvalue weighted by molar-refractivity contribution is 7.15. The molecule has 0 saturated carbocycles. The largest absolute Gasteiger partial charge is 0.331 e. The van der Waals surface area contributed by atoms with Crippen molar-refractivity contribution >= 4 is 22.0 Å². The van der Waals surface area contributed by atoms with E-state index in [4.69, 9.17) is 0 Å². The van der Waals surface area contributed by atoms with Gasteiger partial charge in [-0.25, -0.2) is 0 Å². The van der Waals surface area contributed by atoms with Crippen molar-refractivity contribution in [3.63, 3.8) is 0 Å². The summed E-state index contributed by atoms with van der Waals surface area (Å²) in [7, 11) is 0. The van der Waals surface area contributed by atoms with Gasteiger partial charge in [0.1, 0.15) is 6.07 Å². The van der Waals surface area contributed by atoms with Gasteiger partial charge in [-0.05, 0) is 6.92 Å². The molecule has 0 spiro atoms. The molecule has 1 rings (SSSR count). The van der Waals surface area contributed by atoms with E-state index >= 15 is 0 Å². The fourth-order valence-corrected chi connectivity index (χ4v) is 1.53. The molecule has 0 N–H and O–H groups in total. The average molecular weight is 188 g/mol. The van der Waals surface area contributed by atoms with E-state index in [2.05, 4.69) is 0 Å². The Hall–Kier alpha value is -1.50. The Bertz CT molecular complexity index is 345. The molecule has 0 aliphatic heterocycles. The van der Waals surface area contributed by atoms with Gasteiger partial charge < -0.3 is 0 Å². The standard InChI is InChI=1S/C5H4N2O4S/c1-3-4(6(8)9)2-5(12-3)7(10)11/h2H,1H3. The fourth-order valence-electron chi connectivity index (χ4n) is 0.728. The van der Waals surface area contributed by atoms with E-state index in [1.807, 2.05) is 0 Å². The number of nitrogens with zero attached hydrogens (tertiary/aromatic N) is 2. The summed E-state index contributed by atoms with van der Waals surface area (Å²) < 4.78 is 0. The van der Waals surface area contributed by atoms with Crippen LogP contribution in [0.25, 0.3) is 0 Å². The number of rotatable bonds is 2. The molecule has 0 atom stereocenters. The second-order valence-corrected chi connectivity index (χ2v) is 3.28. The quantitative estimate of drug-likeness (QED) is 0.523. The van der Waals surface area contributed by atoms with Gasteiger partial charge in [0.25, 0.3) is 5.69 Å². The van der Waals surface area contributed by atoms with Gasteiger partial charge in [-0.2, -0.15) is 0 Å². The molecule has 0 radical (unpaired) electrons. The Balaban J connectivity index is 3.17. The van der Waals surface area contributed by atoms with Gasteiger partial charge in [0.2, 0.25) is 0 Å². The highest BCUT2D eigenvalue weighted by Crippen LogP contribution is 2.33. The molecule has 0 aliphatic carbocycles. The van der Waals surface area contributed by atoms with Crippen LogP contribution in [0, 0.1) is 27.2 Å². The minimum absolute atomic E-state index is 0.188. The fraction of sp³-hybridized carbons (Fsp3) is 0.200. The van der Waals surface area contributed by atoms with Crippen LogP contribution in [-0.2, 0) is 0 Å². The lowest BCUT2D eigenvalue weighted by Crippen LogP contribution is -1.86. The van der Waals surface area contributed by atoms with E-state index in [0.717, 1.165) is 17.4 Å². The predicted molar refractivity (Wildman–Crippen MR) is 42.4 cm³/mol. The smallest absolute Gasteiger partial charge is 0.258 e. The third-order valence-electron chi connectivity index (χ3n) is 1.26. The molecule has 12 heavy (non-hydrogen) atoms. The highest BCUT2D eigenvalue weighted by Gasteiger charge is 2.21. The molecule has 1 aromatic heterocycles. The summed E-state index contributed by atoms with van der Waals surface area (Å²) in [6, 6.07) is 0.972. The van der Waals surface area contributed by atoms with Gasteiger partial charge in [-0.3, -0.25) is 20.2 Å². The van der Waals surface area contributed by atoms with E-state index in [0.29, 0.717) is 4.88 Å². The molecule has 0 unspecified atom stereocenters. The number of hydrogen-bond donors (Lipinski definition) is 0. The van der Waals surface area contributed by atoms with Crippen molar-refractivity contribution in [2.45, 2.75) is 6.92 Å². The Morgan fingerprint density at radius 3 is 2.17 bits per heavy atom. The number of hydrogen-bond acceptors (Lipinski definition) is 5. The van der Waals surface area contributed by atoms with Crippen molar-refractivity contribution < 1.29 is 9.85 Å². The lowest BCUT2D eigenvalue weighted by molar-refractivity contribution is -0.390. The highest BCUT2D eigenvalue weighted by atomic mass is 32.1. The first-order valence-electron chi connectivity index (χ1n) is 2.91. The molecule has 0 aromatic carbocycles. The van der Waals surface area contributed by atoms with Crippen LogP contribution in [0.5, 0.6) is 0 Å². The average Bonchev–Trinajstić information content (AvgIpc) is 2.30. The van der Waals surface area contributed by atoms with Gasteiger partial charge in [0, 0.05) is 0 Å².